The molecule has 1 unspecified atom stereocenters. The maximum atomic E-state index is 9.10. The molecule has 0 bridgehead atoms. The summed E-state index contributed by atoms with van der Waals surface area (Å²) in [5.41, 5.74) is 2.72. The number of aliphatic hydroxyl groups is 1. The Labute approximate surface area is 75.5 Å². The van der Waals surface area contributed by atoms with Gasteiger partial charge in [0.15, 0.2) is 0 Å². The highest BCUT2D eigenvalue weighted by Gasteiger charge is 2.20. The Morgan fingerprint density at radius 3 is 2.67 bits per heavy atom. The third-order valence-corrected chi connectivity index (χ3v) is 3.14. The van der Waals surface area contributed by atoms with Crippen molar-refractivity contribution in [2.24, 2.45) is 11.8 Å². The van der Waals surface area contributed by atoms with Gasteiger partial charge in [0.05, 0.1) is 6.61 Å². The Hall–Kier alpha value is -0.300. The molecule has 0 radical (unpaired) electrons. The van der Waals surface area contributed by atoms with Crippen LogP contribution in [0.4, 0.5) is 0 Å². The Bertz CT molecular complexity index is 179. The van der Waals surface area contributed by atoms with Crippen LogP contribution in [0.15, 0.2) is 11.1 Å². The molecule has 1 atom stereocenters. The smallest absolute Gasteiger partial charge is 0.0644 e. The number of allylic oxidation sites excluding steroid dienone is 1. The van der Waals surface area contributed by atoms with Crippen molar-refractivity contribution in [3.63, 3.8) is 0 Å². The van der Waals surface area contributed by atoms with Gasteiger partial charge in [-0.05, 0) is 43.6 Å². The van der Waals surface area contributed by atoms with Gasteiger partial charge >= 0.3 is 0 Å². The van der Waals surface area contributed by atoms with Crippen molar-refractivity contribution >= 4 is 0 Å². The lowest BCUT2D eigenvalue weighted by molar-refractivity contribution is 0.284. The predicted molar refractivity (Wildman–Crippen MR) is 52.0 cm³/mol. The fourth-order valence-electron chi connectivity index (χ4n) is 1.94. The van der Waals surface area contributed by atoms with Crippen LogP contribution < -0.4 is 0 Å². The first-order valence-electron chi connectivity index (χ1n) is 4.93. The van der Waals surface area contributed by atoms with Crippen molar-refractivity contribution in [3.05, 3.63) is 11.1 Å². The van der Waals surface area contributed by atoms with E-state index in [0.717, 1.165) is 18.3 Å². The largest absolute Gasteiger partial charge is 0.392 e. The second kappa shape index (κ2) is 4.08. The lowest BCUT2D eigenvalue weighted by atomic mass is 9.79. The highest BCUT2D eigenvalue weighted by Crippen LogP contribution is 2.33. The molecular weight excluding hydrogens is 148 g/mol. The van der Waals surface area contributed by atoms with Gasteiger partial charge in [-0.3, -0.25) is 0 Å². The van der Waals surface area contributed by atoms with Crippen LogP contribution >= 0.6 is 0 Å². The van der Waals surface area contributed by atoms with Crippen molar-refractivity contribution in [2.45, 2.75) is 40.0 Å². The molecule has 0 amide bonds. The van der Waals surface area contributed by atoms with Gasteiger partial charge in [0.2, 0.25) is 0 Å². The SMILES string of the molecule is CC1=C(CO)CC(C(C)C)CC1. The molecule has 1 heteroatoms. The third-order valence-electron chi connectivity index (χ3n) is 3.14. The lowest BCUT2D eigenvalue weighted by Crippen LogP contribution is -2.16. The van der Waals surface area contributed by atoms with E-state index in [1.807, 2.05) is 0 Å². The zero-order chi connectivity index (χ0) is 9.14. The number of hydrogen-bond donors (Lipinski definition) is 1. The van der Waals surface area contributed by atoms with Gasteiger partial charge in [0.1, 0.15) is 0 Å². The molecule has 1 aliphatic carbocycles. The summed E-state index contributed by atoms with van der Waals surface area (Å²) in [5.74, 6) is 1.57. The molecule has 1 nitrogen and oxygen atoms in total. The summed E-state index contributed by atoms with van der Waals surface area (Å²) in [6.07, 6.45) is 3.63. The second-order valence-corrected chi connectivity index (χ2v) is 4.29. The molecule has 0 fully saturated rings. The highest BCUT2D eigenvalue weighted by atomic mass is 16.3. The molecule has 0 aromatic heterocycles. The molecule has 0 heterocycles. The van der Waals surface area contributed by atoms with E-state index >= 15 is 0 Å². The van der Waals surface area contributed by atoms with Gasteiger partial charge in [-0.1, -0.05) is 19.4 Å². The molecule has 0 saturated heterocycles. The second-order valence-electron chi connectivity index (χ2n) is 4.29. The number of rotatable bonds is 2. The van der Waals surface area contributed by atoms with Crippen LogP contribution in [0.1, 0.15) is 40.0 Å². The summed E-state index contributed by atoms with van der Waals surface area (Å²) in [5, 5.41) is 9.10. The van der Waals surface area contributed by atoms with Crippen LogP contribution in [-0.2, 0) is 0 Å². The van der Waals surface area contributed by atoms with E-state index in [-0.39, 0.29) is 6.61 Å². The maximum absolute atomic E-state index is 9.10. The van der Waals surface area contributed by atoms with Crippen molar-refractivity contribution in [3.8, 4) is 0 Å². The first-order valence-corrected chi connectivity index (χ1v) is 4.93. The molecule has 0 spiro atoms. The minimum atomic E-state index is 0.273. The quantitative estimate of drug-likeness (QED) is 0.629. The summed E-state index contributed by atoms with van der Waals surface area (Å²) >= 11 is 0. The summed E-state index contributed by atoms with van der Waals surface area (Å²) in [4.78, 5) is 0. The highest BCUT2D eigenvalue weighted by molar-refractivity contribution is 5.16. The Morgan fingerprint density at radius 2 is 2.17 bits per heavy atom. The van der Waals surface area contributed by atoms with Crippen molar-refractivity contribution < 1.29 is 5.11 Å². The molecular formula is C11H20O. The fraction of sp³-hybridized carbons (Fsp3) is 0.818. The van der Waals surface area contributed by atoms with E-state index in [1.165, 1.54) is 24.0 Å². The average molecular weight is 168 g/mol. The Kier molecular flexibility index (Phi) is 3.33. The van der Waals surface area contributed by atoms with Crippen molar-refractivity contribution in [1.82, 2.24) is 0 Å². The summed E-state index contributed by atoms with van der Waals surface area (Å²) < 4.78 is 0. The lowest BCUT2D eigenvalue weighted by Gasteiger charge is -2.27. The van der Waals surface area contributed by atoms with E-state index < -0.39 is 0 Å². The van der Waals surface area contributed by atoms with Gasteiger partial charge in [-0.2, -0.15) is 0 Å². The number of aliphatic hydroxyl groups excluding tert-OH is 1. The summed E-state index contributed by atoms with van der Waals surface area (Å²) in [7, 11) is 0. The molecule has 12 heavy (non-hydrogen) atoms. The molecule has 1 aliphatic rings. The molecule has 1 rings (SSSR count). The fourth-order valence-corrected chi connectivity index (χ4v) is 1.94. The van der Waals surface area contributed by atoms with E-state index in [4.69, 9.17) is 5.11 Å². The zero-order valence-electron chi connectivity index (χ0n) is 8.43. The van der Waals surface area contributed by atoms with Crippen LogP contribution in [0.2, 0.25) is 0 Å². The first kappa shape index (κ1) is 9.79. The molecule has 70 valence electrons. The van der Waals surface area contributed by atoms with Crippen LogP contribution in [0.25, 0.3) is 0 Å². The van der Waals surface area contributed by atoms with Gasteiger partial charge in [-0.15, -0.1) is 0 Å². The van der Waals surface area contributed by atoms with Gasteiger partial charge in [-0.25, -0.2) is 0 Å². The van der Waals surface area contributed by atoms with Crippen LogP contribution in [-0.4, -0.2) is 11.7 Å². The molecule has 1 N–H and O–H groups in total. The van der Waals surface area contributed by atoms with Gasteiger partial charge < -0.3 is 5.11 Å². The van der Waals surface area contributed by atoms with E-state index in [1.54, 1.807) is 0 Å². The Morgan fingerprint density at radius 1 is 1.50 bits per heavy atom. The topological polar surface area (TPSA) is 20.2 Å². The minimum Gasteiger partial charge on any atom is -0.392 e. The van der Waals surface area contributed by atoms with Gasteiger partial charge in [0.25, 0.3) is 0 Å². The van der Waals surface area contributed by atoms with E-state index in [2.05, 4.69) is 20.8 Å². The standard InChI is InChI=1S/C11H20O/c1-8(2)10-5-4-9(3)11(6-10)7-12/h8,10,12H,4-7H2,1-3H3. The average Bonchev–Trinajstić information content (AvgIpc) is 2.05. The van der Waals surface area contributed by atoms with Crippen LogP contribution in [0, 0.1) is 11.8 Å². The normalized spacial score (nSPS) is 25.2. The summed E-state index contributed by atoms with van der Waals surface area (Å²) in [6, 6.07) is 0. The summed E-state index contributed by atoms with van der Waals surface area (Å²) in [6.45, 7) is 6.98. The van der Waals surface area contributed by atoms with Crippen LogP contribution in [0.5, 0.6) is 0 Å². The Balaban J connectivity index is 2.61. The van der Waals surface area contributed by atoms with Crippen molar-refractivity contribution in [2.75, 3.05) is 6.61 Å². The van der Waals surface area contributed by atoms with Crippen molar-refractivity contribution in [1.29, 1.82) is 0 Å². The number of hydrogen-bond acceptors (Lipinski definition) is 1. The first-order chi connectivity index (χ1) is 5.65. The minimum absolute atomic E-state index is 0.273. The third kappa shape index (κ3) is 2.10. The molecule has 0 aromatic carbocycles. The molecule has 0 aliphatic heterocycles. The monoisotopic (exact) mass is 168 g/mol. The van der Waals surface area contributed by atoms with E-state index in [0.29, 0.717) is 0 Å². The van der Waals surface area contributed by atoms with Crippen LogP contribution in [0.3, 0.4) is 0 Å². The maximum Gasteiger partial charge on any atom is 0.0644 e. The molecule has 0 aromatic rings. The zero-order valence-corrected chi connectivity index (χ0v) is 8.43. The van der Waals surface area contributed by atoms with E-state index in [9.17, 15) is 0 Å². The molecule has 0 saturated carbocycles. The predicted octanol–water partition coefficient (Wildman–Crippen LogP) is 2.75. The van der Waals surface area contributed by atoms with Gasteiger partial charge in [0, 0.05) is 0 Å².